The number of carbonyl (C=O) groups excluding carboxylic acids is 1. The van der Waals surface area contributed by atoms with E-state index in [2.05, 4.69) is 29.0 Å². The zero-order valence-electron chi connectivity index (χ0n) is 15.0. The maximum absolute atomic E-state index is 12.3. The SMILES string of the molecule is CCCC(CCO)CNC(=O)c1ccc(N2CCC(C)CC2)nc1. The fraction of sp³-hybridized carbons (Fsp3) is 0.684. The average molecular weight is 333 g/mol. The molecule has 1 amide bonds. The first kappa shape index (κ1) is 18.7. The fourth-order valence-corrected chi connectivity index (χ4v) is 3.22. The lowest BCUT2D eigenvalue weighted by Gasteiger charge is -2.31. The van der Waals surface area contributed by atoms with Crippen LogP contribution in [0.5, 0.6) is 0 Å². The molecule has 1 unspecified atom stereocenters. The second-order valence-electron chi connectivity index (χ2n) is 6.95. The lowest BCUT2D eigenvalue weighted by atomic mass is 9.99. The Bertz CT molecular complexity index is 490. The molecule has 5 heteroatoms. The lowest BCUT2D eigenvalue weighted by molar-refractivity contribution is 0.0942. The topological polar surface area (TPSA) is 65.5 Å². The van der Waals surface area contributed by atoms with E-state index < -0.39 is 0 Å². The van der Waals surface area contributed by atoms with Gasteiger partial charge in [-0.1, -0.05) is 20.3 Å². The highest BCUT2D eigenvalue weighted by molar-refractivity contribution is 5.94. The van der Waals surface area contributed by atoms with Gasteiger partial charge in [0.25, 0.3) is 5.91 Å². The Morgan fingerprint density at radius 2 is 2.12 bits per heavy atom. The Morgan fingerprint density at radius 1 is 1.38 bits per heavy atom. The first-order valence-corrected chi connectivity index (χ1v) is 9.24. The van der Waals surface area contributed by atoms with Crippen LogP contribution in [0.15, 0.2) is 18.3 Å². The van der Waals surface area contributed by atoms with Gasteiger partial charge in [-0.25, -0.2) is 4.98 Å². The van der Waals surface area contributed by atoms with E-state index in [9.17, 15) is 4.79 Å². The van der Waals surface area contributed by atoms with Crippen LogP contribution in [0.25, 0.3) is 0 Å². The summed E-state index contributed by atoms with van der Waals surface area (Å²) < 4.78 is 0. The Hall–Kier alpha value is -1.62. The van der Waals surface area contributed by atoms with Gasteiger partial charge in [-0.3, -0.25) is 4.79 Å². The summed E-state index contributed by atoms with van der Waals surface area (Å²) in [7, 11) is 0. The van der Waals surface area contributed by atoms with E-state index in [1.54, 1.807) is 6.20 Å². The van der Waals surface area contributed by atoms with Gasteiger partial charge in [0.1, 0.15) is 5.82 Å². The van der Waals surface area contributed by atoms with E-state index in [1.165, 1.54) is 12.8 Å². The van der Waals surface area contributed by atoms with Gasteiger partial charge in [-0.05, 0) is 49.7 Å². The van der Waals surface area contributed by atoms with Crippen LogP contribution in [0.3, 0.4) is 0 Å². The van der Waals surface area contributed by atoms with Gasteiger partial charge >= 0.3 is 0 Å². The van der Waals surface area contributed by atoms with Gasteiger partial charge < -0.3 is 15.3 Å². The van der Waals surface area contributed by atoms with Crippen LogP contribution in [0.2, 0.25) is 0 Å². The highest BCUT2D eigenvalue weighted by atomic mass is 16.3. The summed E-state index contributed by atoms with van der Waals surface area (Å²) in [5.74, 6) is 2.01. The van der Waals surface area contributed by atoms with Crippen LogP contribution >= 0.6 is 0 Å². The minimum atomic E-state index is -0.0830. The van der Waals surface area contributed by atoms with Crippen LogP contribution < -0.4 is 10.2 Å². The van der Waals surface area contributed by atoms with Gasteiger partial charge in [0.05, 0.1) is 5.56 Å². The van der Waals surface area contributed by atoms with Gasteiger partial charge in [0, 0.05) is 32.4 Å². The van der Waals surface area contributed by atoms with Crippen LogP contribution in [0, 0.1) is 11.8 Å². The maximum Gasteiger partial charge on any atom is 0.252 e. The second-order valence-corrected chi connectivity index (χ2v) is 6.95. The molecule has 5 nitrogen and oxygen atoms in total. The van der Waals surface area contributed by atoms with Crippen molar-refractivity contribution >= 4 is 11.7 Å². The van der Waals surface area contributed by atoms with E-state index in [0.717, 1.165) is 44.1 Å². The molecular weight excluding hydrogens is 302 g/mol. The Balaban J connectivity index is 1.86. The number of hydrogen-bond donors (Lipinski definition) is 2. The van der Waals surface area contributed by atoms with Crippen LogP contribution in [-0.4, -0.2) is 42.2 Å². The van der Waals surface area contributed by atoms with Crippen LogP contribution in [0.1, 0.15) is 56.3 Å². The van der Waals surface area contributed by atoms with E-state index in [4.69, 9.17) is 5.11 Å². The number of pyridine rings is 1. The number of aliphatic hydroxyl groups is 1. The molecule has 0 spiro atoms. The monoisotopic (exact) mass is 333 g/mol. The smallest absolute Gasteiger partial charge is 0.252 e. The van der Waals surface area contributed by atoms with Crippen molar-refractivity contribution in [2.45, 2.75) is 46.0 Å². The molecule has 1 saturated heterocycles. The number of carbonyl (C=O) groups is 1. The van der Waals surface area contributed by atoms with Crippen molar-refractivity contribution in [3.05, 3.63) is 23.9 Å². The number of anilines is 1. The van der Waals surface area contributed by atoms with Crippen LogP contribution in [0.4, 0.5) is 5.82 Å². The summed E-state index contributed by atoms with van der Waals surface area (Å²) in [5.41, 5.74) is 0.600. The van der Waals surface area contributed by atoms with Crippen molar-refractivity contribution in [1.29, 1.82) is 0 Å². The summed E-state index contributed by atoms with van der Waals surface area (Å²) in [6.07, 6.45) is 6.89. The standard InChI is InChI=1S/C19H31N3O2/c1-3-4-16(9-12-23)13-21-19(24)17-5-6-18(20-14-17)22-10-7-15(2)8-11-22/h5-6,14-16,23H,3-4,7-13H2,1-2H3,(H,21,24). The number of piperidine rings is 1. The first-order chi connectivity index (χ1) is 11.6. The Morgan fingerprint density at radius 3 is 2.71 bits per heavy atom. The van der Waals surface area contributed by atoms with Crippen LogP contribution in [-0.2, 0) is 0 Å². The number of hydrogen-bond acceptors (Lipinski definition) is 4. The predicted molar refractivity (Wildman–Crippen MR) is 97.3 cm³/mol. The largest absolute Gasteiger partial charge is 0.396 e. The minimum Gasteiger partial charge on any atom is -0.396 e. The second kappa shape index (κ2) is 9.62. The molecule has 1 fully saturated rings. The lowest BCUT2D eigenvalue weighted by Crippen LogP contribution is -2.33. The van der Waals surface area contributed by atoms with E-state index >= 15 is 0 Å². The highest BCUT2D eigenvalue weighted by Gasteiger charge is 2.17. The molecule has 0 bridgehead atoms. The molecule has 134 valence electrons. The molecule has 2 rings (SSSR count). The molecule has 1 aliphatic heterocycles. The van der Waals surface area contributed by atoms with Crippen molar-refractivity contribution in [1.82, 2.24) is 10.3 Å². The molecule has 24 heavy (non-hydrogen) atoms. The summed E-state index contributed by atoms with van der Waals surface area (Å²) in [6.45, 7) is 7.28. The third kappa shape index (κ3) is 5.48. The molecule has 1 aliphatic rings. The number of rotatable bonds is 8. The summed E-state index contributed by atoms with van der Waals surface area (Å²) >= 11 is 0. The van der Waals surface area contributed by atoms with Gasteiger partial charge in [-0.15, -0.1) is 0 Å². The normalized spacial score (nSPS) is 16.9. The van der Waals surface area contributed by atoms with Crippen molar-refractivity contribution in [2.75, 3.05) is 31.1 Å². The van der Waals surface area contributed by atoms with Gasteiger partial charge in [0.15, 0.2) is 0 Å². The maximum atomic E-state index is 12.3. The third-order valence-electron chi connectivity index (χ3n) is 4.90. The quantitative estimate of drug-likeness (QED) is 0.768. The molecule has 0 radical (unpaired) electrons. The van der Waals surface area contributed by atoms with E-state index in [1.807, 2.05) is 12.1 Å². The molecule has 1 aromatic rings. The number of nitrogens with zero attached hydrogens (tertiary/aromatic N) is 2. The highest BCUT2D eigenvalue weighted by Crippen LogP contribution is 2.21. The van der Waals surface area contributed by atoms with Crippen molar-refractivity contribution in [3.63, 3.8) is 0 Å². The van der Waals surface area contributed by atoms with Crippen molar-refractivity contribution in [3.8, 4) is 0 Å². The zero-order chi connectivity index (χ0) is 17.4. The Labute approximate surface area is 145 Å². The third-order valence-corrected chi connectivity index (χ3v) is 4.90. The van der Waals surface area contributed by atoms with Crippen molar-refractivity contribution < 1.29 is 9.90 Å². The number of aromatic nitrogens is 1. The average Bonchev–Trinajstić information content (AvgIpc) is 2.60. The Kier molecular flexibility index (Phi) is 7.50. The van der Waals surface area contributed by atoms with Gasteiger partial charge in [-0.2, -0.15) is 0 Å². The predicted octanol–water partition coefficient (Wildman–Crippen LogP) is 2.85. The molecule has 1 atom stereocenters. The fourth-order valence-electron chi connectivity index (χ4n) is 3.22. The minimum absolute atomic E-state index is 0.0830. The number of aliphatic hydroxyl groups excluding tert-OH is 1. The van der Waals surface area contributed by atoms with E-state index in [-0.39, 0.29) is 12.5 Å². The molecule has 2 heterocycles. The zero-order valence-corrected chi connectivity index (χ0v) is 15.0. The molecule has 0 aliphatic carbocycles. The van der Waals surface area contributed by atoms with Crippen molar-refractivity contribution in [2.24, 2.45) is 11.8 Å². The molecule has 1 aromatic heterocycles. The number of nitrogens with one attached hydrogen (secondary N) is 1. The molecule has 0 aromatic carbocycles. The summed E-state index contributed by atoms with van der Waals surface area (Å²) in [5, 5.41) is 12.1. The van der Waals surface area contributed by atoms with Gasteiger partial charge in [0.2, 0.25) is 0 Å². The summed E-state index contributed by atoms with van der Waals surface area (Å²) in [6, 6.07) is 3.80. The van der Waals surface area contributed by atoms with E-state index in [0.29, 0.717) is 18.0 Å². The number of amides is 1. The molecular formula is C19H31N3O2. The first-order valence-electron chi connectivity index (χ1n) is 9.24. The molecule has 0 saturated carbocycles. The summed E-state index contributed by atoms with van der Waals surface area (Å²) in [4.78, 5) is 19.0. The molecule has 2 N–H and O–H groups in total.